The van der Waals surface area contributed by atoms with E-state index in [0.717, 1.165) is 0 Å². The standard InChI is InChI=1S/C10H17N3O3S/c1-7(8(2)17(4,15)16)13(3)10(14)9-5-6-11-12-9/h5-8H,1-4H3,(H,11,12). The van der Waals surface area contributed by atoms with Crippen LogP contribution in [0.5, 0.6) is 0 Å². The van der Waals surface area contributed by atoms with E-state index in [1.54, 1.807) is 27.0 Å². The number of sulfone groups is 1. The molecule has 2 atom stereocenters. The lowest BCUT2D eigenvalue weighted by molar-refractivity contribution is 0.0737. The molecule has 1 N–H and O–H groups in total. The molecule has 0 aliphatic heterocycles. The maximum Gasteiger partial charge on any atom is 0.271 e. The molecule has 0 saturated carbocycles. The Morgan fingerprint density at radius 2 is 2.06 bits per heavy atom. The van der Waals surface area contributed by atoms with E-state index in [-0.39, 0.29) is 5.91 Å². The summed E-state index contributed by atoms with van der Waals surface area (Å²) in [5.74, 6) is -0.273. The summed E-state index contributed by atoms with van der Waals surface area (Å²) in [6, 6.07) is 1.15. The summed E-state index contributed by atoms with van der Waals surface area (Å²) in [5, 5.41) is 5.64. The SMILES string of the molecule is CC(C(C)S(C)(=O)=O)N(C)C(=O)c1ccn[nH]1. The van der Waals surface area contributed by atoms with Crippen LogP contribution in [-0.2, 0) is 9.84 Å². The summed E-state index contributed by atoms with van der Waals surface area (Å²) >= 11 is 0. The van der Waals surface area contributed by atoms with E-state index >= 15 is 0 Å². The number of aromatic nitrogens is 2. The second kappa shape index (κ2) is 4.87. The zero-order valence-electron chi connectivity index (χ0n) is 10.3. The number of nitrogens with zero attached hydrogens (tertiary/aromatic N) is 2. The van der Waals surface area contributed by atoms with Gasteiger partial charge in [-0.05, 0) is 19.9 Å². The maximum atomic E-state index is 11.9. The Kier molecular flexibility index (Phi) is 3.92. The Morgan fingerprint density at radius 3 is 2.47 bits per heavy atom. The molecule has 1 heterocycles. The average molecular weight is 259 g/mol. The van der Waals surface area contributed by atoms with Gasteiger partial charge in [0, 0.05) is 25.5 Å². The summed E-state index contributed by atoms with van der Waals surface area (Å²) in [6.07, 6.45) is 2.65. The first kappa shape index (κ1) is 13.7. The van der Waals surface area contributed by atoms with Gasteiger partial charge >= 0.3 is 0 Å². The highest BCUT2D eigenvalue weighted by atomic mass is 32.2. The van der Waals surface area contributed by atoms with Crippen molar-refractivity contribution in [2.24, 2.45) is 0 Å². The molecule has 1 amide bonds. The lowest BCUT2D eigenvalue weighted by Crippen LogP contribution is -2.44. The smallest absolute Gasteiger partial charge is 0.271 e. The molecule has 0 fully saturated rings. The van der Waals surface area contributed by atoms with Crippen molar-refractivity contribution in [1.29, 1.82) is 0 Å². The van der Waals surface area contributed by atoms with Crippen LogP contribution in [0.2, 0.25) is 0 Å². The van der Waals surface area contributed by atoms with Crippen LogP contribution in [0.25, 0.3) is 0 Å². The highest BCUT2D eigenvalue weighted by molar-refractivity contribution is 7.91. The molecule has 0 saturated heterocycles. The zero-order chi connectivity index (χ0) is 13.2. The summed E-state index contributed by atoms with van der Waals surface area (Å²) in [4.78, 5) is 13.3. The summed E-state index contributed by atoms with van der Waals surface area (Å²) in [5.41, 5.74) is 0.347. The Labute approximate surface area is 101 Å². The summed E-state index contributed by atoms with van der Waals surface area (Å²) in [7, 11) is -1.59. The van der Waals surface area contributed by atoms with Gasteiger partial charge in [0.25, 0.3) is 5.91 Å². The second-order valence-electron chi connectivity index (χ2n) is 4.16. The van der Waals surface area contributed by atoms with Crippen LogP contribution < -0.4 is 0 Å². The van der Waals surface area contributed by atoms with Crippen molar-refractivity contribution < 1.29 is 13.2 Å². The monoisotopic (exact) mass is 259 g/mol. The molecule has 0 spiro atoms. The van der Waals surface area contributed by atoms with Gasteiger partial charge in [-0.2, -0.15) is 5.10 Å². The number of carbonyl (C=O) groups is 1. The van der Waals surface area contributed by atoms with Gasteiger partial charge in [-0.1, -0.05) is 0 Å². The molecule has 17 heavy (non-hydrogen) atoms. The van der Waals surface area contributed by atoms with E-state index < -0.39 is 21.1 Å². The molecule has 96 valence electrons. The highest BCUT2D eigenvalue weighted by Crippen LogP contribution is 2.12. The fraction of sp³-hybridized carbons (Fsp3) is 0.600. The number of hydrogen-bond donors (Lipinski definition) is 1. The summed E-state index contributed by atoms with van der Waals surface area (Å²) < 4.78 is 22.9. The van der Waals surface area contributed by atoms with Crippen LogP contribution in [0, 0.1) is 0 Å². The Hall–Kier alpha value is -1.37. The number of carbonyl (C=O) groups excluding carboxylic acids is 1. The van der Waals surface area contributed by atoms with Crippen LogP contribution in [0.3, 0.4) is 0 Å². The normalized spacial score (nSPS) is 15.3. The van der Waals surface area contributed by atoms with Crippen molar-refractivity contribution in [3.63, 3.8) is 0 Å². The van der Waals surface area contributed by atoms with E-state index in [0.29, 0.717) is 5.69 Å². The lowest BCUT2D eigenvalue weighted by Gasteiger charge is -2.28. The quantitative estimate of drug-likeness (QED) is 0.843. The Balaban J connectivity index is 2.84. The minimum Gasteiger partial charge on any atom is -0.336 e. The van der Waals surface area contributed by atoms with Crippen molar-refractivity contribution >= 4 is 15.7 Å². The van der Waals surface area contributed by atoms with Crippen molar-refractivity contribution in [3.05, 3.63) is 18.0 Å². The van der Waals surface area contributed by atoms with Gasteiger partial charge in [0.2, 0.25) is 0 Å². The molecule has 0 bridgehead atoms. The molecule has 1 aromatic heterocycles. The predicted molar refractivity (Wildman–Crippen MR) is 64.4 cm³/mol. The highest BCUT2D eigenvalue weighted by Gasteiger charge is 2.28. The van der Waals surface area contributed by atoms with Gasteiger partial charge < -0.3 is 4.90 Å². The topological polar surface area (TPSA) is 83.1 Å². The Morgan fingerprint density at radius 1 is 1.47 bits per heavy atom. The van der Waals surface area contributed by atoms with Crippen molar-refractivity contribution in [2.45, 2.75) is 25.1 Å². The van der Waals surface area contributed by atoms with Gasteiger partial charge in [-0.15, -0.1) is 0 Å². The van der Waals surface area contributed by atoms with E-state index in [2.05, 4.69) is 10.2 Å². The first-order valence-corrected chi connectivity index (χ1v) is 7.16. The third-order valence-electron chi connectivity index (χ3n) is 3.02. The number of amides is 1. The number of rotatable bonds is 4. The van der Waals surface area contributed by atoms with Gasteiger partial charge in [-0.25, -0.2) is 8.42 Å². The van der Waals surface area contributed by atoms with Crippen LogP contribution in [0.4, 0.5) is 0 Å². The van der Waals surface area contributed by atoms with Gasteiger partial charge in [0.15, 0.2) is 9.84 Å². The molecule has 6 nitrogen and oxygen atoms in total. The maximum absolute atomic E-state index is 11.9. The average Bonchev–Trinajstić information content (AvgIpc) is 2.77. The van der Waals surface area contributed by atoms with Crippen molar-refractivity contribution in [1.82, 2.24) is 15.1 Å². The van der Waals surface area contributed by atoms with Gasteiger partial charge in [0.05, 0.1) is 5.25 Å². The molecule has 2 unspecified atom stereocenters. The van der Waals surface area contributed by atoms with Crippen LogP contribution in [0.1, 0.15) is 24.3 Å². The molecule has 1 rings (SSSR count). The molecular formula is C10H17N3O3S. The first-order valence-electron chi connectivity index (χ1n) is 5.20. The van der Waals surface area contributed by atoms with Crippen LogP contribution in [0.15, 0.2) is 12.3 Å². The Bertz CT molecular complexity index is 481. The number of H-pyrrole nitrogens is 1. The molecule has 7 heteroatoms. The van der Waals surface area contributed by atoms with Crippen LogP contribution >= 0.6 is 0 Å². The molecular weight excluding hydrogens is 242 g/mol. The molecule has 0 radical (unpaired) electrons. The van der Waals surface area contributed by atoms with E-state index in [1.165, 1.54) is 17.4 Å². The van der Waals surface area contributed by atoms with Crippen LogP contribution in [-0.4, -0.2) is 54.0 Å². The molecule has 1 aromatic rings. The third-order valence-corrected chi connectivity index (χ3v) is 4.76. The largest absolute Gasteiger partial charge is 0.336 e. The molecule has 0 aromatic carbocycles. The lowest BCUT2D eigenvalue weighted by atomic mass is 10.2. The van der Waals surface area contributed by atoms with Gasteiger partial charge in [-0.3, -0.25) is 9.89 Å². The zero-order valence-corrected chi connectivity index (χ0v) is 11.2. The first-order chi connectivity index (χ1) is 7.75. The summed E-state index contributed by atoms with van der Waals surface area (Å²) in [6.45, 7) is 3.30. The number of nitrogens with one attached hydrogen (secondary N) is 1. The van der Waals surface area contributed by atoms with Crippen molar-refractivity contribution in [2.75, 3.05) is 13.3 Å². The number of hydrogen-bond acceptors (Lipinski definition) is 4. The van der Waals surface area contributed by atoms with E-state index in [9.17, 15) is 13.2 Å². The molecule has 0 aliphatic rings. The van der Waals surface area contributed by atoms with E-state index in [4.69, 9.17) is 0 Å². The minimum atomic E-state index is -3.17. The minimum absolute atomic E-state index is 0.273. The fourth-order valence-corrected chi connectivity index (χ4v) is 2.32. The second-order valence-corrected chi connectivity index (χ2v) is 6.56. The van der Waals surface area contributed by atoms with Gasteiger partial charge in [0.1, 0.15) is 5.69 Å². The van der Waals surface area contributed by atoms with E-state index in [1.807, 2.05) is 0 Å². The fourth-order valence-electron chi connectivity index (χ4n) is 1.42. The van der Waals surface area contributed by atoms with Crippen molar-refractivity contribution in [3.8, 4) is 0 Å². The third kappa shape index (κ3) is 3.06. The predicted octanol–water partition coefficient (Wildman–Crippen LogP) is 0.303. The molecule has 0 aliphatic carbocycles. The number of aromatic amines is 1.